The lowest BCUT2D eigenvalue weighted by atomic mass is 9.92. The van der Waals surface area contributed by atoms with Crippen LogP contribution >= 0.6 is 11.6 Å². The van der Waals surface area contributed by atoms with Gasteiger partial charge in [-0.3, -0.25) is 0 Å². The molecule has 0 bridgehead atoms. The highest BCUT2D eigenvalue weighted by molar-refractivity contribution is 6.30. The van der Waals surface area contributed by atoms with E-state index in [1.807, 2.05) is 6.92 Å². The molecule has 74 valence electrons. The molecule has 1 N–H and O–H groups in total. The minimum atomic E-state index is -0.163. The maximum Gasteiger partial charge on any atom is 0.142 e. The number of nitrogens with one attached hydrogen (secondary N) is 1. The molecule has 0 amide bonds. The Morgan fingerprint density at radius 2 is 2.43 bits per heavy atom. The SMILES string of the molecule is CC1CC(C=O)Nc2ncnc(Cl)c21. The summed E-state index contributed by atoms with van der Waals surface area (Å²) >= 11 is 5.95. The van der Waals surface area contributed by atoms with Crippen molar-refractivity contribution in [2.24, 2.45) is 0 Å². The molecule has 1 aromatic heterocycles. The van der Waals surface area contributed by atoms with Crippen LogP contribution in [-0.2, 0) is 4.79 Å². The Kier molecular flexibility index (Phi) is 2.37. The summed E-state index contributed by atoms with van der Waals surface area (Å²) in [5.41, 5.74) is 0.910. The van der Waals surface area contributed by atoms with Gasteiger partial charge in [0.1, 0.15) is 23.6 Å². The zero-order valence-electron chi connectivity index (χ0n) is 7.70. The summed E-state index contributed by atoms with van der Waals surface area (Å²) in [6.45, 7) is 2.02. The number of rotatable bonds is 1. The van der Waals surface area contributed by atoms with Gasteiger partial charge in [0.15, 0.2) is 0 Å². The molecule has 14 heavy (non-hydrogen) atoms. The van der Waals surface area contributed by atoms with Gasteiger partial charge < -0.3 is 10.1 Å². The second-order valence-corrected chi connectivity index (χ2v) is 3.81. The monoisotopic (exact) mass is 211 g/mol. The fourth-order valence-electron chi connectivity index (χ4n) is 1.75. The van der Waals surface area contributed by atoms with E-state index in [1.165, 1.54) is 6.33 Å². The molecular weight excluding hydrogens is 202 g/mol. The highest BCUT2D eigenvalue weighted by atomic mass is 35.5. The van der Waals surface area contributed by atoms with Crippen molar-refractivity contribution in [3.05, 3.63) is 17.0 Å². The van der Waals surface area contributed by atoms with Crippen LogP contribution in [0.2, 0.25) is 5.15 Å². The molecule has 5 heteroatoms. The maximum absolute atomic E-state index is 10.7. The van der Waals surface area contributed by atoms with Crippen molar-refractivity contribution < 1.29 is 4.79 Å². The van der Waals surface area contributed by atoms with Crippen molar-refractivity contribution in [3.63, 3.8) is 0 Å². The van der Waals surface area contributed by atoms with Crippen molar-refractivity contribution in [3.8, 4) is 0 Å². The minimum Gasteiger partial charge on any atom is -0.360 e. The number of fused-ring (bicyclic) bond motifs is 1. The molecule has 0 spiro atoms. The molecule has 0 radical (unpaired) electrons. The first-order valence-electron chi connectivity index (χ1n) is 4.44. The number of carbonyl (C=O) groups is 1. The van der Waals surface area contributed by atoms with Crippen molar-refractivity contribution in [1.82, 2.24) is 9.97 Å². The molecule has 0 saturated carbocycles. The first-order valence-corrected chi connectivity index (χ1v) is 4.82. The Labute approximate surface area is 86.7 Å². The number of hydrogen-bond donors (Lipinski definition) is 1. The van der Waals surface area contributed by atoms with E-state index < -0.39 is 0 Å². The second kappa shape index (κ2) is 3.53. The summed E-state index contributed by atoms with van der Waals surface area (Å²) in [7, 11) is 0. The van der Waals surface area contributed by atoms with Gasteiger partial charge in [-0.1, -0.05) is 18.5 Å². The number of nitrogens with zero attached hydrogens (tertiary/aromatic N) is 2. The molecule has 2 heterocycles. The van der Waals surface area contributed by atoms with Crippen LogP contribution in [0.4, 0.5) is 5.82 Å². The standard InChI is InChI=1S/C9H10ClN3O/c1-5-2-6(3-14)13-9-7(5)8(10)11-4-12-9/h3-6H,2H2,1H3,(H,11,12,13). The molecule has 1 aromatic rings. The highest BCUT2D eigenvalue weighted by Crippen LogP contribution is 2.35. The Balaban J connectivity index is 2.44. The van der Waals surface area contributed by atoms with Gasteiger partial charge in [-0.25, -0.2) is 9.97 Å². The summed E-state index contributed by atoms with van der Waals surface area (Å²) in [5.74, 6) is 0.899. The summed E-state index contributed by atoms with van der Waals surface area (Å²) in [5, 5.41) is 3.49. The van der Waals surface area contributed by atoms with Crippen LogP contribution in [0.15, 0.2) is 6.33 Å². The third kappa shape index (κ3) is 1.46. The number of aldehydes is 1. The fourth-order valence-corrected chi connectivity index (χ4v) is 2.07. The first-order chi connectivity index (χ1) is 6.72. The lowest BCUT2D eigenvalue weighted by molar-refractivity contribution is -0.108. The van der Waals surface area contributed by atoms with Gasteiger partial charge in [0.2, 0.25) is 0 Å². The van der Waals surface area contributed by atoms with E-state index in [-0.39, 0.29) is 12.0 Å². The quantitative estimate of drug-likeness (QED) is 0.567. The highest BCUT2D eigenvalue weighted by Gasteiger charge is 2.26. The number of halogens is 1. The maximum atomic E-state index is 10.7. The van der Waals surface area contributed by atoms with Gasteiger partial charge >= 0.3 is 0 Å². The van der Waals surface area contributed by atoms with E-state index in [0.717, 1.165) is 18.3 Å². The molecule has 1 aliphatic heterocycles. The molecule has 0 aliphatic carbocycles. The number of aromatic nitrogens is 2. The molecule has 4 nitrogen and oxygen atoms in total. The summed E-state index contributed by atoms with van der Waals surface area (Å²) in [6, 6.07) is -0.163. The first kappa shape index (κ1) is 9.40. The van der Waals surface area contributed by atoms with Crippen LogP contribution in [0.3, 0.4) is 0 Å². The third-order valence-electron chi connectivity index (χ3n) is 2.42. The van der Waals surface area contributed by atoms with Crippen molar-refractivity contribution in [2.75, 3.05) is 5.32 Å². The number of carbonyl (C=O) groups excluding carboxylic acids is 1. The van der Waals surface area contributed by atoms with E-state index in [9.17, 15) is 4.79 Å². The fraction of sp³-hybridized carbons (Fsp3) is 0.444. The number of hydrogen-bond acceptors (Lipinski definition) is 4. The molecule has 2 atom stereocenters. The number of anilines is 1. The molecule has 2 rings (SSSR count). The average Bonchev–Trinajstić information content (AvgIpc) is 2.17. The predicted molar refractivity (Wildman–Crippen MR) is 53.5 cm³/mol. The lowest BCUT2D eigenvalue weighted by Crippen LogP contribution is -2.29. The largest absolute Gasteiger partial charge is 0.360 e. The summed E-state index contributed by atoms with van der Waals surface area (Å²) in [6.07, 6.45) is 3.03. The molecular formula is C9H10ClN3O. The van der Waals surface area contributed by atoms with E-state index in [2.05, 4.69) is 15.3 Å². The van der Waals surface area contributed by atoms with Gasteiger partial charge in [-0.05, 0) is 12.3 Å². The van der Waals surface area contributed by atoms with Gasteiger partial charge in [0, 0.05) is 5.56 Å². The topological polar surface area (TPSA) is 54.9 Å². The van der Waals surface area contributed by atoms with E-state index in [1.54, 1.807) is 0 Å². The third-order valence-corrected chi connectivity index (χ3v) is 2.72. The van der Waals surface area contributed by atoms with Crippen LogP contribution < -0.4 is 5.32 Å². The zero-order valence-corrected chi connectivity index (χ0v) is 8.45. The molecule has 1 aliphatic rings. The van der Waals surface area contributed by atoms with Gasteiger partial charge in [0.25, 0.3) is 0 Å². The Morgan fingerprint density at radius 1 is 1.64 bits per heavy atom. The Morgan fingerprint density at radius 3 is 3.14 bits per heavy atom. The van der Waals surface area contributed by atoms with Gasteiger partial charge in [-0.15, -0.1) is 0 Å². The molecule has 0 aromatic carbocycles. The van der Waals surface area contributed by atoms with Crippen molar-refractivity contribution in [1.29, 1.82) is 0 Å². The average molecular weight is 212 g/mol. The van der Waals surface area contributed by atoms with Crippen LogP contribution in [0.25, 0.3) is 0 Å². The van der Waals surface area contributed by atoms with Crippen LogP contribution in [0.5, 0.6) is 0 Å². The summed E-state index contributed by atoms with van der Waals surface area (Å²) < 4.78 is 0. The summed E-state index contributed by atoms with van der Waals surface area (Å²) in [4.78, 5) is 18.6. The van der Waals surface area contributed by atoms with Gasteiger partial charge in [0.05, 0.1) is 6.04 Å². The smallest absolute Gasteiger partial charge is 0.142 e. The molecule has 0 saturated heterocycles. The zero-order chi connectivity index (χ0) is 10.1. The normalized spacial score (nSPS) is 25.0. The van der Waals surface area contributed by atoms with Crippen molar-refractivity contribution >= 4 is 23.7 Å². The van der Waals surface area contributed by atoms with E-state index in [4.69, 9.17) is 11.6 Å². The van der Waals surface area contributed by atoms with Crippen LogP contribution in [0, 0.1) is 0 Å². The predicted octanol–water partition coefficient (Wildman–Crippen LogP) is 1.62. The van der Waals surface area contributed by atoms with Crippen LogP contribution in [0.1, 0.15) is 24.8 Å². The molecule has 0 fully saturated rings. The van der Waals surface area contributed by atoms with Crippen LogP contribution in [-0.4, -0.2) is 22.3 Å². The van der Waals surface area contributed by atoms with E-state index in [0.29, 0.717) is 11.0 Å². The van der Waals surface area contributed by atoms with Crippen molar-refractivity contribution in [2.45, 2.75) is 25.3 Å². The minimum absolute atomic E-state index is 0.163. The Hall–Kier alpha value is -1.16. The second-order valence-electron chi connectivity index (χ2n) is 3.45. The molecule has 2 unspecified atom stereocenters. The van der Waals surface area contributed by atoms with Gasteiger partial charge in [-0.2, -0.15) is 0 Å². The van der Waals surface area contributed by atoms with E-state index >= 15 is 0 Å². The Bertz CT molecular complexity index is 369. The lowest BCUT2D eigenvalue weighted by Gasteiger charge is -2.27.